The molecule has 1 aromatic rings. The second-order valence-corrected chi connectivity index (χ2v) is 6.87. The first-order valence-electron chi connectivity index (χ1n) is 9.12. The van der Waals surface area contributed by atoms with Crippen LogP contribution >= 0.6 is 12.4 Å². The third-order valence-electron chi connectivity index (χ3n) is 5.01. The molecule has 1 aromatic carbocycles. The van der Waals surface area contributed by atoms with E-state index in [2.05, 4.69) is 12.2 Å². The topological polar surface area (TPSA) is 61.9 Å². The molecule has 2 amide bonds. The number of carbonyl (C=O) groups is 2. The molecule has 144 valence electrons. The standard InChI is InChI=1S/C19H27N3O3.ClH/c1-15-12-20-9-11-22(15)19(24)16-6-5-10-21(13-16)18(23)14-25-17-7-3-2-4-8-17;/h2-4,7-8,15-16,20H,5-6,9-14H2,1H3;1H/t15-,16?;/m1./s1. The molecule has 0 bridgehead atoms. The van der Waals surface area contributed by atoms with Crippen LogP contribution in [0.1, 0.15) is 19.8 Å². The number of amides is 2. The number of ether oxygens (including phenoxy) is 1. The van der Waals surface area contributed by atoms with E-state index in [1.54, 1.807) is 4.90 Å². The van der Waals surface area contributed by atoms with Crippen molar-refractivity contribution in [3.8, 4) is 5.75 Å². The Labute approximate surface area is 161 Å². The summed E-state index contributed by atoms with van der Waals surface area (Å²) in [6, 6.07) is 9.55. The van der Waals surface area contributed by atoms with Crippen molar-refractivity contribution in [3.63, 3.8) is 0 Å². The summed E-state index contributed by atoms with van der Waals surface area (Å²) in [5.74, 6) is 0.746. The van der Waals surface area contributed by atoms with Crippen molar-refractivity contribution >= 4 is 24.2 Å². The predicted octanol–water partition coefficient (Wildman–Crippen LogP) is 1.55. The van der Waals surface area contributed by atoms with E-state index in [9.17, 15) is 9.59 Å². The van der Waals surface area contributed by atoms with Crippen LogP contribution in [0.4, 0.5) is 0 Å². The van der Waals surface area contributed by atoms with Crippen LogP contribution in [0.25, 0.3) is 0 Å². The Bertz CT molecular complexity index is 599. The fourth-order valence-corrected chi connectivity index (χ4v) is 3.56. The third kappa shape index (κ3) is 5.11. The number of para-hydroxylation sites is 1. The second kappa shape index (κ2) is 9.78. The summed E-state index contributed by atoms with van der Waals surface area (Å²) < 4.78 is 5.56. The van der Waals surface area contributed by atoms with Crippen LogP contribution in [0.15, 0.2) is 30.3 Å². The molecule has 1 unspecified atom stereocenters. The third-order valence-corrected chi connectivity index (χ3v) is 5.01. The van der Waals surface area contributed by atoms with Crippen LogP contribution in [-0.2, 0) is 9.59 Å². The Kier molecular flexibility index (Phi) is 7.72. The van der Waals surface area contributed by atoms with E-state index in [1.165, 1.54) is 0 Å². The maximum absolute atomic E-state index is 12.8. The molecule has 2 saturated heterocycles. The number of rotatable bonds is 4. The first-order chi connectivity index (χ1) is 12.1. The summed E-state index contributed by atoms with van der Waals surface area (Å²) in [6.07, 6.45) is 1.73. The highest BCUT2D eigenvalue weighted by molar-refractivity contribution is 5.85. The van der Waals surface area contributed by atoms with Gasteiger partial charge in [0.05, 0.1) is 5.92 Å². The second-order valence-electron chi connectivity index (χ2n) is 6.87. The lowest BCUT2D eigenvalue weighted by Crippen LogP contribution is -2.56. The summed E-state index contributed by atoms with van der Waals surface area (Å²) in [4.78, 5) is 29.0. The van der Waals surface area contributed by atoms with Crippen LogP contribution < -0.4 is 10.1 Å². The van der Waals surface area contributed by atoms with Crippen LogP contribution in [0, 0.1) is 5.92 Å². The molecule has 7 heteroatoms. The minimum atomic E-state index is -0.0880. The number of halogens is 1. The van der Waals surface area contributed by atoms with E-state index < -0.39 is 0 Å². The molecule has 2 atom stereocenters. The summed E-state index contributed by atoms with van der Waals surface area (Å²) in [6.45, 7) is 5.74. The Morgan fingerprint density at radius 2 is 2.00 bits per heavy atom. The molecular weight excluding hydrogens is 354 g/mol. The molecule has 1 N–H and O–H groups in total. The summed E-state index contributed by atoms with van der Waals surface area (Å²) in [7, 11) is 0. The Balaban J connectivity index is 0.00000243. The molecule has 26 heavy (non-hydrogen) atoms. The molecule has 2 heterocycles. The number of nitrogens with zero attached hydrogens (tertiary/aromatic N) is 2. The van der Waals surface area contributed by atoms with E-state index >= 15 is 0 Å². The summed E-state index contributed by atoms with van der Waals surface area (Å²) in [5.41, 5.74) is 0. The Morgan fingerprint density at radius 3 is 2.73 bits per heavy atom. The molecule has 2 fully saturated rings. The van der Waals surface area contributed by atoms with Crippen LogP contribution in [-0.4, -0.2) is 67.0 Å². The number of hydrogen-bond acceptors (Lipinski definition) is 4. The minimum Gasteiger partial charge on any atom is -0.484 e. The Morgan fingerprint density at radius 1 is 1.23 bits per heavy atom. The number of likely N-dealkylation sites (tertiary alicyclic amines) is 1. The average Bonchev–Trinajstić information content (AvgIpc) is 2.67. The zero-order valence-corrected chi connectivity index (χ0v) is 16.0. The Hall–Kier alpha value is -1.79. The molecule has 2 aliphatic heterocycles. The van der Waals surface area contributed by atoms with Gasteiger partial charge in [0.2, 0.25) is 5.91 Å². The monoisotopic (exact) mass is 381 g/mol. The van der Waals surface area contributed by atoms with Gasteiger partial charge in [-0.15, -0.1) is 12.4 Å². The van der Waals surface area contributed by atoms with E-state index in [4.69, 9.17) is 4.74 Å². The van der Waals surface area contributed by atoms with Gasteiger partial charge in [-0.2, -0.15) is 0 Å². The van der Waals surface area contributed by atoms with Crippen molar-refractivity contribution < 1.29 is 14.3 Å². The van der Waals surface area contributed by atoms with Crippen molar-refractivity contribution in [2.45, 2.75) is 25.8 Å². The lowest BCUT2D eigenvalue weighted by atomic mass is 9.95. The van der Waals surface area contributed by atoms with Gasteiger partial charge >= 0.3 is 0 Å². The van der Waals surface area contributed by atoms with Gasteiger partial charge in [0.25, 0.3) is 5.91 Å². The van der Waals surface area contributed by atoms with Gasteiger partial charge in [0.1, 0.15) is 5.75 Å². The fraction of sp³-hybridized carbons (Fsp3) is 0.579. The highest BCUT2D eigenvalue weighted by Crippen LogP contribution is 2.21. The molecule has 2 aliphatic rings. The van der Waals surface area contributed by atoms with Crippen LogP contribution in [0.2, 0.25) is 0 Å². The lowest BCUT2D eigenvalue weighted by Gasteiger charge is -2.39. The van der Waals surface area contributed by atoms with Gasteiger partial charge in [0, 0.05) is 38.8 Å². The van der Waals surface area contributed by atoms with Crippen molar-refractivity contribution in [3.05, 3.63) is 30.3 Å². The van der Waals surface area contributed by atoms with E-state index in [0.29, 0.717) is 18.8 Å². The van der Waals surface area contributed by atoms with Crippen molar-refractivity contribution in [2.24, 2.45) is 5.92 Å². The minimum absolute atomic E-state index is 0. The number of piperazine rings is 1. The van der Waals surface area contributed by atoms with E-state index in [1.807, 2.05) is 35.2 Å². The zero-order valence-electron chi connectivity index (χ0n) is 15.2. The molecule has 6 nitrogen and oxygen atoms in total. The quantitative estimate of drug-likeness (QED) is 0.859. The average molecular weight is 382 g/mol. The van der Waals surface area contributed by atoms with Gasteiger partial charge in [-0.25, -0.2) is 0 Å². The molecule has 3 rings (SSSR count). The first-order valence-corrected chi connectivity index (χ1v) is 9.12. The molecular formula is C19H28ClN3O3. The number of carbonyl (C=O) groups excluding carboxylic acids is 2. The van der Waals surface area contributed by atoms with Gasteiger partial charge in [-0.05, 0) is 31.9 Å². The van der Waals surface area contributed by atoms with Crippen molar-refractivity contribution in [1.29, 1.82) is 0 Å². The zero-order chi connectivity index (χ0) is 17.6. The van der Waals surface area contributed by atoms with E-state index in [-0.39, 0.29) is 42.8 Å². The fourth-order valence-electron chi connectivity index (χ4n) is 3.56. The molecule has 0 saturated carbocycles. The molecule has 0 aliphatic carbocycles. The number of hydrogen-bond donors (Lipinski definition) is 1. The highest BCUT2D eigenvalue weighted by atomic mass is 35.5. The lowest BCUT2D eigenvalue weighted by molar-refractivity contribution is -0.143. The maximum atomic E-state index is 12.8. The van der Waals surface area contributed by atoms with E-state index in [0.717, 1.165) is 32.5 Å². The SMILES string of the molecule is C[C@@H]1CNCCN1C(=O)C1CCCN(C(=O)COc2ccccc2)C1.Cl. The molecule has 0 aromatic heterocycles. The number of nitrogens with one attached hydrogen (secondary N) is 1. The molecule has 0 spiro atoms. The van der Waals surface area contributed by atoms with Crippen LogP contribution in [0.3, 0.4) is 0 Å². The van der Waals surface area contributed by atoms with Crippen molar-refractivity contribution in [1.82, 2.24) is 15.1 Å². The summed E-state index contributed by atoms with van der Waals surface area (Å²) in [5, 5.41) is 3.31. The van der Waals surface area contributed by atoms with Crippen LogP contribution in [0.5, 0.6) is 5.75 Å². The molecule has 0 radical (unpaired) electrons. The van der Waals surface area contributed by atoms with Crippen molar-refractivity contribution in [2.75, 3.05) is 39.3 Å². The smallest absolute Gasteiger partial charge is 0.260 e. The maximum Gasteiger partial charge on any atom is 0.260 e. The van der Waals surface area contributed by atoms with Gasteiger partial charge in [0.15, 0.2) is 6.61 Å². The van der Waals surface area contributed by atoms with Gasteiger partial charge < -0.3 is 19.9 Å². The predicted molar refractivity (Wildman–Crippen MR) is 103 cm³/mol. The number of benzene rings is 1. The first kappa shape index (κ1) is 20.5. The van der Waals surface area contributed by atoms with Gasteiger partial charge in [-0.1, -0.05) is 18.2 Å². The number of piperidine rings is 1. The highest BCUT2D eigenvalue weighted by Gasteiger charge is 2.33. The summed E-state index contributed by atoms with van der Waals surface area (Å²) >= 11 is 0. The normalized spacial score (nSPS) is 23.1. The van der Waals surface area contributed by atoms with Gasteiger partial charge in [-0.3, -0.25) is 9.59 Å². The largest absolute Gasteiger partial charge is 0.484 e.